The van der Waals surface area contributed by atoms with Crippen molar-refractivity contribution >= 4 is 24.6 Å². The quantitative estimate of drug-likeness (QED) is 0.755. The number of carbonyl (C=O) groups excluding carboxylic acids is 1. The topological polar surface area (TPSA) is 59.2 Å². The van der Waals surface area contributed by atoms with Gasteiger partial charge in [0.1, 0.15) is 0 Å². The number of amides is 1. The van der Waals surface area contributed by atoms with Gasteiger partial charge in [0, 0.05) is 23.6 Å². The van der Waals surface area contributed by atoms with E-state index in [1.54, 1.807) is 0 Å². The fourth-order valence-corrected chi connectivity index (χ4v) is 1.82. The zero-order chi connectivity index (χ0) is 11.9. The van der Waals surface area contributed by atoms with E-state index in [1.807, 2.05) is 20.8 Å². The Morgan fingerprint density at radius 2 is 2.12 bits per heavy atom. The molecule has 0 aliphatic carbocycles. The van der Waals surface area contributed by atoms with Crippen molar-refractivity contribution < 1.29 is 9.21 Å². The van der Waals surface area contributed by atoms with Gasteiger partial charge in [-0.15, -0.1) is 5.10 Å². The molecule has 2 heterocycles. The van der Waals surface area contributed by atoms with E-state index in [9.17, 15) is 4.79 Å². The van der Waals surface area contributed by atoms with Crippen molar-refractivity contribution in [3.63, 3.8) is 0 Å². The Kier molecular flexibility index (Phi) is 2.69. The van der Waals surface area contributed by atoms with Crippen LogP contribution in [0, 0.1) is 0 Å². The van der Waals surface area contributed by atoms with Gasteiger partial charge < -0.3 is 4.42 Å². The highest BCUT2D eigenvalue weighted by Gasteiger charge is 2.33. The largest absolute Gasteiger partial charge is 0.407 e. The lowest BCUT2D eigenvalue weighted by Crippen LogP contribution is -2.24. The molecule has 0 spiro atoms. The molecule has 0 N–H and O–H groups in total. The fourth-order valence-electron chi connectivity index (χ4n) is 1.50. The van der Waals surface area contributed by atoms with Crippen LogP contribution in [-0.2, 0) is 10.2 Å². The molecule has 1 aliphatic rings. The van der Waals surface area contributed by atoms with Gasteiger partial charge in [-0.3, -0.25) is 9.69 Å². The van der Waals surface area contributed by atoms with E-state index in [0.29, 0.717) is 18.9 Å². The van der Waals surface area contributed by atoms with E-state index in [4.69, 9.17) is 4.42 Å². The first-order valence-corrected chi connectivity index (χ1v) is 5.72. The maximum Gasteiger partial charge on any atom is 0.325 e. The summed E-state index contributed by atoms with van der Waals surface area (Å²) in [5.41, 5.74) is -0.200. The molecule has 0 bridgehead atoms. The minimum atomic E-state index is -0.200. The van der Waals surface area contributed by atoms with E-state index in [-0.39, 0.29) is 22.6 Å². The second-order valence-electron chi connectivity index (χ2n) is 5.00. The summed E-state index contributed by atoms with van der Waals surface area (Å²) in [5, 5.41) is 7.91. The van der Waals surface area contributed by atoms with Crippen molar-refractivity contribution in [2.45, 2.75) is 37.9 Å². The Labute approximate surface area is 99.6 Å². The zero-order valence-electron chi connectivity index (χ0n) is 9.60. The summed E-state index contributed by atoms with van der Waals surface area (Å²) in [6.45, 7) is 6.49. The fraction of sp³-hybridized carbons (Fsp3) is 0.700. The number of thiol groups is 1. The van der Waals surface area contributed by atoms with Gasteiger partial charge in [-0.25, -0.2) is 0 Å². The van der Waals surface area contributed by atoms with Crippen LogP contribution in [0.1, 0.15) is 33.1 Å². The second kappa shape index (κ2) is 3.76. The van der Waals surface area contributed by atoms with Crippen molar-refractivity contribution in [2.75, 3.05) is 11.4 Å². The van der Waals surface area contributed by atoms with Crippen molar-refractivity contribution in [3.8, 4) is 0 Å². The molecular formula is C10H15N3O2S. The third-order valence-corrected chi connectivity index (χ3v) is 2.74. The van der Waals surface area contributed by atoms with Crippen LogP contribution in [0.5, 0.6) is 0 Å². The first-order chi connectivity index (χ1) is 7.38. The normalized spacial score (nSPS) is 21.9. The van der Waals surface area contributed by atoms with Gasteiger partial charge in [-0.2, -0.15) is 12.6 Å². The third-order valence-electron chi connectivity index (χ3n) is 2.39. The van der Waals surface area contributed by atoms with Crippen LogP contribution in [0.2, 0.25) is 0 Å². The lowest BCUT2D eigenvalue weighted by Gasteiger charge is -2.12. The molecule has 88 valence electrons. The zero-order valence-corrected chi connectivity index (χ0v) is 10.5. The molecule has 0 saturated carbocycles. The minimum absolute atomic E-state index is 0.0101. The van der Waals surface area contributed by atoms with E-state index in [1.165, 1.54) is 4.90 Å². The van der Waals surface area contributed by atoms with Crippen molar-refractivity contribution in [2.24, 2.45) is 0 Å². The summed E-state index contributed by atoms with van der Waals surface area (Å²) < 4.78 is 5.50. The van der Waals surface area contributed by atoms with E-state index < -0.39 is 0 Å². The van der Waals surface area contributed by atoms with Gasteiger partial charge in [0.15, 0.2) is 0 Å². The Balaban J connectivity index is 2.23. The number of rotatable bonds is 1. The number of nitrogens with zero attached hydrogens (tertiary/aromatic N) is 3. The summed E-state index contributed by atoms with van der Waals surface area (Å²) >= 11 is 4.27. The van der Waals surface area contributed by atoms with E-state index >= 15 is 0 Å². The molecule has 1 unspecified atom stereocenters. The van der Waals surface area contributed by atoms with Crippen molar-refractivity contribution in [1.82, 2.24) is 10.2 Å². The van der Waals surface area contributed by atoms with Gasteiger partial charge in [0.2, 0.25) is 11.8 Å². The molecule has 1 aromatic rings. The number of carbonyl (C=O) groups is 1. The standard InChI is InChI=1S/C10H15N3O2S/c1-10(2,3)8-11-12-9(15-8)13-5-6(16)4-7(13)14/h6,16H,4-5H2,1-3H3. The molecule has 6 heteroatoms. The number of anilines is 1. The average Bonchev–Trinajstić information content (AvgIpc) is 2.70. The highest BCUT2D eigenvalue weighted by atomic mass is 32.1. The van der Waals surface area contributed by atoms with Crippen LogP contribution in [0.25, 0.3) is 0 Å². The summed E-state index contributed by atoms with van der Waals surface area (Å²) in [6.07, 6.45) is 0.427. The lowest BCUT2D eigenvalue weighted by atomic mass is 9.97. The lowest BCUT2D eigenvalue weighted by molar-refractivity contribution is -0.117. The number of hydrogen-bond donors (Lipinski definition) is 1. The third kappa shape index (κ3) is 2.07. The maximum atomic E-state index is 11.6. The minimum Gasteiger partial charge on any atom is -0.407 e. The van der Waals surface area contributed by atoms with Crippen molar-refractivity contribution in [3.05, 3.63) is 5.89 Å². The summed E-state index contributed by atoms with van der Waals surface area (Å²) in [6, 6.07) is 0.284. The Morgan fingerprint density at radius 1 is 1.44 bits per heavy atom. The molecule has 1 aromatic heterocycles. The van der Waals surface area contributed by atoms with Crippen LogP contribution in [0.15, 0.2) is 4.42 Å². The molecule has 16 heavy (non-hydrogen) atoms. The maximum absolute atomic E-state index is 11.6. The molecule has 1 amide bonds. The van der Waals surface area contributed by atoms with Gasteiger partial charge in [-0.05, 0) is 0 Å². The van der Waals surface area contributed by atoms with Crippen LogP contribution < -0.4 is 4.90 Å². The summed E-state index contributed by atoms with van der Waals surface area (Å²) in [5.74, 6) is 0.530. The van der Waals surface area contributed by atoms with Gasteiger partial charge in [-0.1, -0.05) is 25.9 Å². The Hall–Kier alpha value is -1.04. The van der Waals surface area contributed by atoms with Crippen LogP contribution in [0.4, 0.5) is 6.01 Å². The smallest absolute Gasteiger partial charge is 0.325 e. The predicted molar refractivity (Wildman–Crippen MR) is 62.7 cm³/mol. The van der Waals surface area contributed by atoms with Crippen molar-refractivity contribution in [1.29, 1.82) is 0 Å². The number of hydrogen-bond acceptors (Lipinski definition) is 5. The molecule has 0 radical (unpaired) electrons. The SMILES string of the molecule is CC(C)(C)c1nnc(N2CC(S)CC2=O)o1. The summed E-state index contributed by atoms with van der Waals surface area (Å²) in [7, 11) is 0. The first kappa shape index (κ1) is 11.4. The van der Waals surface area contributed by atoms with E-state index in [2.05, 4.69) is 22.8 Å². The van der Waals surface area contributed by atoms with E-state index in [0.717, 1.165) is 0 Å². The van der Waals surface area contributed by atoms with Gasteiger partial charge in [0.05, 0.1) is 0 Å². The molecule has 1 atom stereocenters. The van der Waals surface area contributed by atoms with Crippen LogP contribution in [-0.4, -0.2) is 27.9 Å². The average molecular weight is 241 g/mol. The molecule has 1 fully saturated rings. The first-order valence-electron chi connectivity index (χ1n) is 5.20. The molecule has 1 saturated heterocycles. The molecular weight excluding hydrogens is 226 g/mol. The van der Waals surface area contributed by atoms with Gasteiger partial charge >= 0.3 is 6.01 Å². The highest BCUT2D eigenvalue weighted by Crippen LogP contribution is 2.27. The predicted octanol–water partition coefficient (Wildman–Crippen LogP) is 1.40. The highest BCUT2D eigenvalue weighted by molar-refractivity contribution is 7.81. The van der Waals surface area contributed by atoms with Crippen LogP contribution in [0.3, 0.4) is 0 Å². The molecule has 1 aliphatic heterocycles. The Morgan fingerprint density at radius 3 is 2.56 bits per heavy atom. The molecule has 5 nitrogen and oxygen atoms in total. The monoisotopic (exact) mass is 241 g/mol. The summed E-state index contributed by atoms with van der Waals surface area (Å²) in [4.78, 5) is 13.1. The molecule has 2 rings (SSSR count). The second-order valence-corrected chi connectivity index (χ2v) is 5.73. The van der Waals surface area contributed by atoms with Gasteiger partial charge in [0.25, 0.3) is 0 Å². The molecule has 0 aromatic carbocycles. The Bertz CT molecular complexity index is 410. The van der Waals surface area contributed by atoms with Crippen LogP contribution >= 0.6 is 12.6 Å². The number of aromatic nitrogens is 2.